The molecular weight excluding hydrogens is 385 g/mol. The molecule has 0 unspecified atom stereocenters. The Kier molecular flexibility index (Phi) is 4.72. The van der Waals surface area contributed by atoms with Crippen LogP contribution in [0.15, 0.2) is 36.4 Å². The standard InChI is InChI=1S/C14H10IN3O3/c15-12-5-10(8-17)6-13(18(19)20)14(12)21-11-3-1-2-9(4-11)7-16/h1-6H,7,16H2. The lowest BCUT2D eigenvalue weighted by atomic mass is 10.2. The second-order valence-electron chi connectivity index (χ2n) is 4.13. The van der Waals surface area contributed by atoms with Crippen LogP contribution >= 0.6 is 22.6 Å². The molecule has 0 aliphatic heterocycles. The fraction of sp³-hybridized carbons (Fsp3) is 0.0714. The summed E-state index contributed by atoms with van der Waals surface area (Å²) >= 11 is 1.91. The molecule has 0 saturated heterocycles. The van der Waals surface area contributed by atoms with Gasteiger partial charge in [-0.2, -0.15) is 5.26 Å². The molecule has 0 heterocycles. The summed E-state index contributed by atoms with van der Waals surface area (Å²) in [6.45, 7) is 0.351. The zero-order chi connectivity index (χ0) is 15.4. The minimum atomic E-state index is -0.564. The van der Waals surface area contributed by atoms with E-state index in [1.807, 2.05) is 34.7 Å². The summed E-state index contributed by atoms with van der Waals surface area (Å²) < 4.78 is 6.13. The smallest absolute Gasteiger partial charge is 0.314 e. The first-order chi connectivity index (χ1) is 10.0. The molecule has 7 heteroatoms. The van der Waals surface area contributed by atoms with E-state index in [-0.39, 0.29) is 17.0 Å². The van der Waals surface area contributed by atoms with Crippen LogP contribution in [0.3, 0.4) is 0 Å². The van der Waals surface area contributed by atoms with Gasteiger partial charge in [-0.25, -0.2) is 0 Å². The van der Waals surface area contributed by atoms with Crippen LogP contribution in [0.5, 0.6) is 11.5 Å². The van der Waals surface area contributed by atoms with Gasteiger partial charge in [-0.05, 0) is 46.4 Å². The fourth-order valence-electron chi connectivity index (χ4n) is 1.73. The molecule has 0 amide bonds. The quantitative estimate of drug-likeness (QED) is 0.486. The number of ether oxygens (including phenoxy) is 1. The van der Waals surface area contributed by atoms with Gasteiger partial charge in [0.1, 0.15) is 5.75 Å². The van der Waals surface area contributed by atoms with Gasteiger partial charge in [0.15, 0.2) is 0 Å². The monoisotopic (exact) mass is 395 g/mol. The first-order valence-electron chi connectivity index (χ1n) is 5.90. The van der Waals surface area contributed by atoms with Gasteiger partial charge in [0.2, 0.25) is 5.75 Å². The summed E-state index contributed by atoms with van der Waals surface area (Å²) in [5, 5.41) is 20.0. The van der Waals surface area contributed by atoms with Gasteiger partial charge >= 0.3 is 5.69 Å². The molecule has 2 N–H and O–H groups in total. The van der Waals surface area contributed by atoms with E-state index in [0.29, 0.717) is 15.9 Å². The van der Waals surface area contributed by atoms with Crippen LogP contribution in [0.2, 0.25) is 0 Å². The van der Waals surface area contributed by atoms with Crippen LogP contribution in [-0.2, 0) is 6.54 Å². The Morgan fingerprint density at radius 3 is 2.76 bits per heavy atom. The van der Waals surface area contributed by atoms with Crippen molar-refractivity contribution in [3.8, 4) is 17.6 Å². The number of benzene rings is 2. The summed E-state index contributed by atoms with van der Waals surface area (Å²) in [7, 11) is 0. The van der Waals surface area contributed by atoms with Gasteiger partial charge in [0.25, 0.3) is 0 Å². The molecule has 0 atom stereocenters. The lowest BCUT2D eigenvalue weighted by Gasteiger charge is -2.09. The van der Waals surface area contributed by atoms with Crippen molar-refractivity contribution in [2.75, 3.05) is 0 Å². The summed E-state index contributed by atoms with van der Waals surface area (Å²) in [5.41, 5.74) is 6.39. The molecule has 6 nitrogen and oxygen atoms in total. The Labute approximate surface area is 134 Å². The van der Waals surface area contributed by atoms with Crippen molar-refractivity contribution in [2.45, 2.75) is 6.54 Å². The molecule has 21 heavy (non-hydrogen) atoms. The third-order valence-corrected chi connectivity index (χ3v) is 3.51. The molecule has 0 bridgehead atoms. The zero-order valence-electron chi connectivity index (χ0n) is 10.7. The molecule has 0 aliphatic carbocycles. The molecule has 0 spiro atoms. The number of nitrogens with zero attached hydrogens (tertiary/aromatic N) is 2. The summed E-state index contributed by atoms with van der Waals surface area (Å²) in [6, 6.07) is 11.6. The zero-order valence-corrected chi connectivity index (χ0v) is 12.9. The highest BCUT2D eigenvalue weighted by atomic mass is 127. The molecule has 2 rings (SSSR count). The average Bonchev–Trinajstić information content (AvgIpc) is 2.49. The fourth-order valence-corrected chi connectivity index (χ4v) is 2.46. The Morgan fingerprint density at radius 2 is 2.14 bits per heavy atom. The SMILES string of the molecule is N#Cc1cc(I)c(Oc2cccc(CN)c2)c([N+](=O)[O-])c1. The van der Waals surface area contributed by atoms with Crippen LogP contribution in [0.1, 0.15) is 11.1 Å². The Hall–Kier alpha value is -2.18. The van der Waals surface area contributed by atoms with Gasteiger partial charge in [-0.15, -0.1) is 0 Å². The predicted molar refractivity (Wildman–Crippen MR) is 84.9 cm³/mol. The van der Waals surface area contributed by atoms with Crippen LogP contribution in [-0.4, -0.2) is 4.92 Å². The molecule has 106 valence electrons. The molecule has 0 aromatic heterocycles. The number of hydrogen-bond acceptors (Lipinski definition) is 5. The van der Waals surface area contributed by atoms with Crippen LogP contribution < -0.4 is 10.5 Å². The summed E-state index contributed by atoms with van der Waals surface area (Å²) in [5.74, 6) is 0.581. The number of rotatable bonds is 4. The van der Waals surface area contributed by atoms with E-state index in [9.17, 15) is 10.1 Å². The van der Waals surface area contributed by atoms with Crippen molar-refractivity contribution in [1.29, 1.82) is 5.26 Å². The number of nitro benzene ring substituents is 1. The molecule has 0 radical (unpaired) electrons. The number of halogens is 1. The van der Waals surface area contributed by atoms with Crippen molar-refractivity contribution in [2.24, 2.45) is 5.73 Å². The van der Waals surface area contributed by atoms with E-state index in [4.69, 9.17) is 15.7 Å². The third kappa shape index (κ3) is 3.48. The van der Waals surface area contributed by atoms with E-state index < -0.39 is 4.92 Å². The van der Waals surface area contributed by atoms with E-state index in [1.165, 1.54) is 12.1 Å². The van der Waals surface area contributed by atoms with E-state index in [0.717, 1.165) is 5.56 Å². The first-order valence-corrected chi connectivity index (χ1v) is 6.98. The summed E-state index contributed by atoms with van der Waals surface area (Å²) in [4.78, 5) is 10.6. The number of hydrogen-bond donors (Lipinski definition) is 1. The average molecular weight is 395 g/mol. The van der Waals surface area contributed by atoms with E-state index >= 15 is 0 Å². The van der Waals surface area contributed by atoms with Crippen LogP contribution in [0.25, 0.3) is 0 Å². The van der Waals surface area contributed by atoms with Gasteiger partial charge in [0, 0.05) is 12.6 Å². The number of nitrogens with two attached hydrogens (primary N) is 1. The second kappa shape index (κ2) is 6.51. The maximum absolute atomic E-state index is 11.1. The maximum Gasteiger partial charge on any atom is 0.314 e. The van der Waals surface area contributed by atoms with Gasteiger partial charge in [0.05, 0.1) is 20.1 Å². The van der Waals surface area contributed by atoms with E-state index in [1.54, 1.807) is 18.2 Å². The lowest BCUT2D eigenvalue weighted by molar-refractivity contribution is -0.385. The molecule has 2 aromatic carbocycles. The highest BCUT2D eigenvalue weighted by molar-refractivity contribution is 14.1. The van der Waals surface area contributed by atoms with Gasteiger partial charge < -0.3 is 10.5 Å². The third-order valence-electron chi connectivity index (χ3n) is 2.70. The normalized spacial score (nSPS) is 9.95. The van der Waals surface area contributed by atoms with Crippen LogP contribution in [0, 0.1) is 25.0 Å². The molecule has 0 aliphatic rings. The van der Waals surface area contributed by atoms with Crippen molar-refractivity contribution in [3.63, 3.8) is 0 Å². The minimum Gasteiger partial charge on any atom is -0.449 e. The predicted octanol–water partition coefficient (Wildman–Crippen LogP) is 3.32. The van der Waals surface area contributed by atoms with Crippen molar-refractivity contribution >= 4 is 28.3 Å². The number of nitro groups is 1. The molecule has 0 fully saturated rings. The van der Waals surface area contributed by atoms with E-state index in [2.05, 4.69) is 0 Å². The van der Waals surface area contributed by atoms with Crippen molar-refractivity contribution in [1.82, 2.24) is 0 Å². The largest absolute Gasteiger partial charge is 0.449 e. The minimum absolute atomic E-state index is 0.119. The maximum atomic E-state index is 11.1. The second-order valence-corrected chi connectivity index (χ2v) is 5.29. The number of nitriles is 1. The highest BCUT2D eigenvalue weighted by Crippen LogP contribution is 2.37. The Bertz CT molecular complexity index is 741. The van der Waals surface area contributed by atoms with Crippen molar-refractivity contribution in [3.05, 3.63) is 61.2 Å². The highest BCUT2D eigenvalue weighted by Gasteiger charge is 2.21. The molecular formula is C14H10IN3O3. The Morgan fingerprint density at radius 1 is 1.38 bits per heavy atom. The van der Waals surface area contributed by atoms with Crippen molar-refractivity contribution < 1.29 is 9.66 Å². The van der Waals surface area contributed by atoms with Gasteiger partial charge in [-0.1, -0.05) is 12.1 Å². The van der Waals surface area contributed by atoms with Gasteiger partial charge in [-0.3, -0.25) is 10.1 Å². The molecule has 2 aromatic rings. The summed E-state index contributed by atoms with van der Waals surface area (Å²) in [6.07, 6.45) is 0. The topological polar surface area (TPSA) is 102 Å². The molecule has 0 saturated carbocycles. The first kappa shape index (κ1) is 15.2. The van der Waals surface area contributed by atoms with Crippen LogP contribution in [0.4, 0.5) is 5.69 Å². The Balaban J connectivity index is 2.48. The lowest BCUT2D eigenvalue weighted by Crippen LogP contribution is -1.99.